The van der Waals surface area contributed by atoms with Crippen LogP contribution in [0.25, 0.3) is 0 Å². The number of hydrogen-bond donors (Lipinski definition) is 7. The van der Waals surface area contributed by atoms with Crippen molar-refractivity contribution in [1.82, 2.24) is 0 Å². The quantitative estimate of drug-likeness (QED) is 0.0792. The van der Waals surface area contributed by atoms with Crippen LogP contribution in [0.15, 0.2) is 72.9 Å². The van der Waals surface area contributed by atoms with Gasteiger partial charge in [-0.15, -0.1) is 0 Å². The van der Waals surface area contributed by atoms with Crippen LogP contribution in [0.5, 0.6) is 0 Å². The first-order chi connectivity index (χ1) is 31.2. The van der Waals surface area contributed by atoms with Crippen LogP contribution in [0.2, 0.25) is 0 Å². The van der Waals surface area contributed by atoms with Crippen LogP contribution in [0.3, 0.4) is 0 Å². The van der Waals surface area contributed by atoms with Gasteiger partial charge in [-0.2, -0.15) is 0 Å². The lowest BCUT2D eigenvalue weighted by Gasteiger charge is -2.21. The second-order valence-corrected chi connectivity index (χ2v) is 17.6. The van der Waals surface area contributed by atoms with Crippen molar-refractivity contribution in [3.05, 3.63) is 72.9 Å². The number of rotatable bonds is 9. The summed E-state index contributed by atoms with van der Waals surface area (Å²) in [6.07, 6.45) is 32.2. The molecular weight excluding hydrogens is 865 g/mol. The molecule has 8 bridgehead atoms. The highest BCUT2D eigenvalue weighted by Gasteiger charge is 2.52. The van der Waals surface area contributed by atoms with E-state index in [9.17, 15) is 43.2 Å². The minimum absolute atomic E-state index is 0.0127. The number of carbonyl (C=O) groups is 9. The molecule has 13 atom stereocenters. The maximum atomic E-state index is 11.4. The molecule has 362 valence electrons. The highest BCUT2D eigenvalue weighted by Crippen LogP contribution is 2.50. The van der Waals surface area contributed by atoms with Crippen molar-refractivity contribution < 1.29 is 88.4 Å². The van der Waals surface area contributed by atoms with E-state index in [0.29, 0.717) is 41.9 Å². The van der Waals surface area contributed by atoms with Gasteiger partial charge in [0.15, 0.2) is 0 Å². The van der Waals surface area contributed by atoms with Crippen molar-refractivity contribution in [2.24, 2.45) is 76.9 Å². The second kappa shape index (κ2) is 26.6. The number of carboxylic acid groups (broad SMARTS) is 7. The zero-order valence-electron chi connectivity index (χ0n) is 37.0. The number of fused-ring (bicyclic) bond motifs is 8. The molecule has 6 fully saturated rings. The molecule has 18 nitrogen and oxygen atoms in total. The molecule has 9 aliphatic carbocycles. The maximum absolute atomic E-state index is 11.4. The van der Waals surface area contributed by atoms with Gasteiger partial charge in [0, 0.05) is 24.3 Å². The molecule has 7 N–H and O–H groups in total. The Morgan fingerprint density at radius 2 is 0.909 bits per heavy atom. The van der Waals surface area contributed by atoms with Crippen molar-refractivity contribution in [2.75, 3.05) is 14.2 Å². The molecule has 0 aromatic heterocycles. The first-order valence-corrected chi connectivity index (χ1v) is 22.1. The highest BCUT2D eigenvalue weighted by molar-refractivity contribution is 5.91. The average Bonchev–Trinajstić information content (AvgIpc) is 4.14. The van der Waals surface area contributed by atoms with E-state index in [0.717, 1.165) is 56.4 Å². The largest absolute Gasteiger partial charge is 0.481 e. The molecule has 13 unspecified atom stereocenters. The van der Waals surface area contributed by atoms with E-state index >= 15 is 0 Å². The third-order valence-corrected chi connectivity index (χ3v) is 13.5. The molecular formula is C48H62O18. The summed E-state index contributed by atoms with van der Waals surface area (Å²) < 4.78 is 8.74. The van der Waals surface area contributed by atoms with E-state index in [4.69, 9.17) is 35.7 Å². The fourth-order valence-corrected chi connectivity index (χ4v) is 10.5. The van der Waals surface area contributed by atoms with Crippen LogP contribution in [-0.2, 0) is 52.6 Å². The molecule has 66 heavy (non-hydrogen) atoms. The monoisotopic (exact) mass is 926 g/mol. The Kier molecular flexibility index (Phi) is 21.8. The smallest absolute Gasteiger partial charge is 0.330 e. The van der Waals surface area contributed by atoms with Crippen molar-refractivity contribution in [1.29, 1.82) is 0 Å². The summed E-state index contributed by atoms with van der Waals surface area (Å²) in [6, 6.07) is 0. The van der Waals surface area contributed by atoms with E-state index in [-0.39, 0.29) is 29.6 Å². The fraction of sp³-hybridized carbons (Fsp3) is 0.562. The summed E-state index contributed by atoms with van der Waals surface area (Å²) in [7, 11) is 2.48. The topological polar surface area (TPSA) is 314 Å². The Labute approximate surface area is 382 Å². The van der Waals surface area contributed by atoms with Crippen molar-refractivity contribution in [2.45, 2.75) is 77.0 Å². The fourth-order valence-electron chi connectivity index (χ4n) is 10.5. The molecule has 0 amide bonds. The lowest BCUT2D eigenvalue weighted by Crippen LogP contribution is -2.33. The Morgan fingerprint density at radius 1 is 0.455 bits per heavy atom. The van der Waals surface area contributed by atoms with E-state index in [1.54, 1.807) is 0 Å². The molecule has 9 rings (SSSR count). The van der Waals surface area contributed by atoms with Gasteiger partial charge in [-0.1, -0.05) is 61.4 Å². The van der Waals surface area contributed by atoms with Crippen LogP contribution in [0.4, 0.5) is 0 Å². The molecule has 0 aromatic rings. The minimum atomic E-state index is -1.26. The standard InChI is InChI=1S/C10H12O4.2C8H12O2.C8H10O2.C5H6O4.C5H6.C4H4O4/c1-14-10(13)8-6-3-2-5(4-6)7(8)9(11)12;3*9-8(10)7-4-5-1-2-6(7)3-5;1-9-5(8)3-2-4(6)7;1-2-4-5-3-1;5-3(6)1-2-4(7)8/h2-3,5-8H,4H2,1H3,(H,11,12);2*5-7H,1-4H2,(H,9,10);1-2,5-7H,3-4H2,(H,9,10);2-3H,1H3,(H,6,7);1-4H,5H2;1-2H,(H,5,6)(H,7,8)/b;;;;3-2-;;2-1-. The van der Waals surface area contributed by atoms with Crippen molar-refractivity contribution in [3.63, 3.8) is 0 Å². The predicted octanol–water partition coefficient (Wildman–Crippen LogP) is 5.99. The molecule has 0 spiro atoms. The van der Waals surface area contributed by atoms with Gasteiger partial charge >= 0.3 is 53.7 Å². The van der Waals surface area contributed by atoms with Crippen molar-refractivity contribution in [3.8, 4) is 0 Å². The molecule has 0 aromatic carbocycles. The lowest BCUT2D eigenvalue weighted by molar-refractivity contribution is -0.156. The molecule has 0 saturated heterocycles. The molecule has 9 aliphatic rings. The molecule has 0 aliphatic heterocycles. The first kappa shape index (κ1) is 54.0. The van der Waals surface area contributed by atoms with E-state index in [2.05, 4.69) is 45.9 Å². The number of carbonyl (C=O) groups excluding carboxylic acids is 2. The zero-order valence-corrected chi connectivity index (χ0v) is 37.0. The summed E-state index contributed by atoms with van der Waals surface area (Å²) >= 11 is 0. The van der Waals surface area contributed by atoms with E-state index in [1.807, 2.05) is 12.2 Å². The molecule has 0 radical (unpaired) electrons. The van der Waals surface area contributed by atoms with Gasteiger partial charge in [-0.25, -0.2) is 19.2 Å². The van der Waals surface area contributed by atoms with E-state index < -0.39 is 65.6 Å². The highest BCUT2D eigenvalue weighted by atomic mass is 16.5. The summed E-state index contributed by atoms with van der Waals surface area (Å²) in [5.41, 5.74) is 0. The predicted molar refractivity (Wildman–Crippen MR) is 233 cm³/mol. The van der Waals surface area contributed by atoms with Gasteiger partial charge in [-0.3, -0.25) is 24.0 Å². The van der Waals surface area contributed by atoms with Gasteiger partial charge < -0.3 is 45.2 Å². The summed E-state index contributed by atoms with van der Waals surface area (Å²) in [5.74, 6) is -4.91. The van der Waals surface area contributed by atoms with Crippen LogP contribution < -0.4 is 0 Å². The van der Waals surface area contributed by atoms with Gasteiger partial charge in [0.2, 0.25) is 0 Å². The molecule has 0 heterocycles. The second-order valence-electron chi connectivity index (χ2n) is 17.6. The summed E-state index contributed by atoms with van der Waals surface area (Å²) in [5, 5.41) is 58.8. The Bertz CT molecular complexity index is 1880. The first-order valence-electron chi connectivity index (χ1n) is 22.1. The number of esters is 2. The zero-order chi connectivity index (χ0) is 49.1. The van der Waals surface area contributed by atoms with E-state index in [1.165, 1.54) is 52.7 Å². The van der Waals surface area contributed by atoms with Gasteiger partial charge in [0.25, 0.3) is 0 Å². The Morgan fingerprint density at radius 3 is 1.18 bits per heavy atom. The van der Waals surface area contributed by atoms with Crippen LogP contribution >= 0.6 is 0 Å². The number of allylic oxidation sites excluding steroid dienone is 8. The minimum Gasteiger partial charge on any atom is -0.481 e. The normalized spacial score (nSPS) is 31.8. The van der Waals surface area contributed by atoms with Gasteiger partial charge in [0.05, 0.1) is 43.8 Å². The van der Waals surface area contributed by atoms with Crippen LogP contribution in [-0.4, -0.2) is 104 Å². The van der Waals surface area contributed by atoms with Gasteiger partial charge in [0.1, 0.15) is 0 Å². The molecule has 18 heteroatoms. The van der Waals surface area contributed by atoms with Gasteiger partial charge in [-0.05, 0) is 112 Å². The SMILES string of the molecule is C1=CCC=C1.COC(=O)/C=C\C(=O)O.COC(=O)C1C2C=CC(C2)C1C(=O)O.O=C(O)/C=C\C(=O)O.O=C(O)C1CC2C=CC1C2.O=C(O)C1CC2CCC1C2.O=C(O)C1CC2CCC1C2. The average molecular weight is 927 g/mol. The summed E-state index contributed by atoms with van der Waals surface area (Å²) in [4.78, 5) is 93.1. The number of ether oxygens (including phenoxy) is 2. The number of methoxy groups -OCH3 is 2. The number of aliphatic carboxylic acids is 7. The lowest BCUT2D eigenvalue weighted by atomic mass is 9.83. The third-order valence-electron chi connectivity index (χ3n) is 13.5. The molecule has 6 saturated carbocycles. The number of hydrogen-bond acceptors (Lipinski definition) is 11. The Hall–Kier alpha value is -6.33. The summed E-state index contributed by atoms with van der Waals surface area (Å²) in [6.45, 7) is 0. The van der Waals surface area contributed by atoms with Crippen molar-refractivity contribution >= 4 is 53.7 Å². The maximum Gasteiger partial charge on any atom is 0.330 e. The Balaban J connectivity index is 0.000000208. The van der Waals surface area contributed by atoms with Crippen LogP contribution in [0.1, 0.15) is 77.0 Å². The number of carboxylic acids is 7. The van der Waals surface area contributed by atoms with Crippen LogP contribution in [0, 0.1) is 76.9 Å². The third kappa shape index (κ3) is 16.9.